The Morgan fingerprint density at radius 3 is 2.45 bits per heavy atom. The molecule has 0 fully saturated rings. The van der Waals surface area contributed by atoms with Gasteiger partial charge in [0, 0.05) is 5.56 Å². The molecule has 0 radical (unpaired) electrons. The summed E-state index contributed by atoms with van der Waals surface area (Å²) >= 11 is 0. The largest absolute Gasteiger partial charge is 0.465 e. The monoisotopic (exact) mass is 322 g/mol. The number of hydrogen-bond acceptors (Lipinski definition) is 4. The van der Waals surface area contributed by atoms with Gasteiger partial charge in [0.05, 0.1) is 10.9 Å². The Hall–Kier alpha value is -2.12. The third-order valence-electron chi connectivity index (χ3n) is 3.30. The van der Waals surface area contributed by atoms with Gasteiger partial charge >= 0.3 is 0 Å². The van der Waals surface area contributed by atoms with E-state index in [0.29, 0.717) is 17.1 Å². The zero-order valence-corrected chi connectivity index (χ0v) is 13.4. The van der Waals surface area contributed by atoms with Crippen LogP contribution in [0.4, 0.5) is 0 Å². The van der Waals surface area contributed by atoms with Crippen molar-refractivity contribution in [2.45, 2.75) is 31.7 Å². The van der Waals surface area contributed by atoms with Crippen LogP contribution in [-0.2, 0) is 10.0 Å². The van der Waals surface area contributed by atoms with Crippen LogP contribution >= 0.6 is 0 Å². The Kier molecular flexibility index (Phi) is 4.39. The molecule has 1 aromatic carbocycles. The number of primary amides is 1. The summed E-state index contributed by atoms with van der Waals surface area (Å²) in [5.41, 5.74) is 6.06. The van der Waals surface area contributed by atoms with Crippen LogP contribution in [0.1, 0.15) is 40.4 Å². The maximum Gasteiger partial charge on any atom is 0.249 e. The van der Waals surface area contributed by atoms with Gasteiger partial charge in [0.1, 0.15) is 11.5 Å². The molecule has 0 saturated carbocycles. The molecule has 22 heavy (non-hydrogen) atoms. The number of carbonyl (C=O) groups is 1. The van der Waals surface area contributed by atoms with Crippen molar-refractivity contribution in [1.29, 1.82) is 0 Å². The van der Waals surface area contributed by atoms with Gasteiger partial charge in [0.15, 0.2) is 0 Å². The first-order valence-electron chi connectivity index (χ1n) is 6.70. The minimum Gasteiger partial charge on any atom is -0.465 e. The van der Waals surface area contributed by atoms with E-state index in [4.69, 9.17) is 10.2 Å². The van der Waals surface area contributed by atoms with Crippen molar-refractivity contribution in [2.75, 3.05) is 0 Å². The van der Waals surface area contributed by atoms with E-state index in [0.717, 1.165) is 0 Å². The maximum atomic E-state index is 12.4. The molecule has 0 spiro atoms. The normalized spacial score (nSPS) is 13.0. The van der Waals surface area contributed by atoms with Gasteiger partial charge < -0.3 is 10.2 Å². The summed E-state index contributed by atoms with van der Waals surface area (Å²) in [5.74, 6) is 0.556. The second kappa shape index (κ2) is 5.94. The number of benzene rings is 1. The highest BCUT2D eigenvalue weighted by molar-refractivity contribution is 7.89. The molecule has 0 bridgehead atoms. The molecule has 2 aromatic rings. The summed E-state index contributed by atoms with van der Waals surface area (Å²) < 4.78 is 32.7. The molecule has 2 rings (SSSR count). The number of nitrogens with one attached hydrogen (secondary N) is 1. The molecule has 1 heterocycles. The highest BCUT2D eigenvalue weighted by atomic mass is 32.2. The first-order valence-corrected chi connectivity index (χ1v) is 8.18. The summed E-state index contributed by atoms with van der Waals surface area (Å²) in [6.07, 6.45) is 0. The minimum atomic E-state index is -3.79. The second-order valence-corrected chi connectivity index (χ2v) is 6.85. The second-order valence-electron chi connectivity index (χ2n) is 5.13. The molecular weight excluding hydrogens is 304 g/mol. The average Bonchev–Trinajstić information content (AvgIpc) is 2.85. The average molecular weight is 322 g/mol. The van der Waals surface area contributed by atoms with Gasteiger partial charge in [-0.3, -0.25) is 4.79 Å². The van der Waals surface area contributed by atoms with Gasteiger partial charge in [-0.15, -0.1) is 0 Å². The zero-order chi connectivity index (χ0) is 16.5. The molecule has 6 nitrogen and oxygen atoms in total. The van der Waals surface area contributed by atoms with E-state index in [1.165, 1.54) is 12.1 Å². The van der Waals surface area contributed by atoms with Gasteiger partial charge in [0.2, 0.25) is 15.9 Å². The Balaban J connectivity index is 2.31. The van der Waals surface area contributed by atoms with E-state index in [2.05, 4.69) is 4.72 Å². The van der Waals surface area contributed by atoms with Gasteiger partial charge in [-0.1, -0.05) is 6.07 Å². The first-order chi connectivity index (χ1) is 10.2. The van der Waals surface area contributed by atoms with Gasteiger partial charge in [-0.2, -0.15) is 0 Å². The van der Waals surface area contributed by atoms with Crippen LogP contribution in [-0.4, -0.2) is 14.3 Å². The van der Waals surface area contributed by atoms with Crippen LogP contribution in [0.5, 0.6) is 0 Å². The van der Waals surface area contributed by atoms with Crippen molar-refractivity contribution in [1.82, 2.24) is 4.72 Å². The number of nitrogens with two attached hydrogens (primary N) is 1. The maximum absolute atomic E-state index is 12.4. The lowest BCUT2D eigenvalue weighted by molar-refractivity contribution is 0.0999. The van der Waals surface area contributed by atoms with Crippen molar-refractivity contribution >= 4 is 15.9 Å². The summed E-state index contributed by atoms with van der Waals surface area (Å²) in [6, 6.07) is 7.21. The predicted octanol–water partition coefficient (Wildman–Crippen LogP) is 2.03. The fourth-order valence-corrected chi connectivity index (χ4v) is 3.32. The molecule has 0 aliphatic heterocycles. The van der Waals surface area contributed by atoms with E-state index < -0.39 is 22.0 Å². The Morgan fingerprint density at radius 1 is 1.23 bits per heavy atom. The van der Waals surface area contributed by atoms with Gasteiger partial charge in [-0.25, -0.2) is 13.1 Å². The lowest BCUT2D eigenvalue weighted by atomic mass is 10.1. The zero-order valence-electron chi connectivity index (χ0n) is 12.6. The van der Waals surface area contributed by atoms with Crippen LogP contribution < -0.4 is 10.5 Å². The topological polar surface area (TPSA) is 102 Å². The van der Waals surface area contributed by atoms with Crippen LogP contribution in [0, 0.1) is 13.8 Å². The number of amides is 1. The van der Waals surface area contributed by atoms with E-state index in [9.17, 15) is 13.2 Å². The number of aryl methyl sites for hydroxylation is 2. The molecule has 1 amide bonds. The third-order valence-corrected chi connectivity index (χ3v) is 4.84. The van der Waals surface area contributed by atoms with Crippen molar-refractivity contribution in [2.24, 2.45) is 5.73 Å². The van der Waals surface area contributed by atoms with Crippen LogP contribution in [0.25, 0.3) is 0 Å². The molecule has 0 aliphatic rings. The van der Waals surface area contributed by atoms with Gasteiger partial charge in [-0.05, 0) is 50.6 Å². The fraction of sp³-hybridized carbons (Fsp3) is 0.267. The molecule has 0 saturated heterocycles. The minimum absolute atomic E-state index is 0.0120. The summed E-state index contributed by atoms with van der Waals surface area (Å²) in [6.45, 7) is 5.15. The Bertz CT molecular complexity index is 809. The predicted molar refractivity (Wildman–Crippen MR) is 81.9 cm³/mol. The van der Waals surface area contributed by atoms with Crippen LogP contribution in [0.2, 0.25) is 0 Å². The standard InChI is InChI=1S/C15H18N2O4S/c1-9-4-6-12(8-13(9)15(16)18)22(19,20)17-11(3)14-7-5-10(2)21-14/h4-8,11,17H,1-3H3,(H2,16,18)/t11-/m0/s1. The number of hydrogen-bond donors (Lipinski definition) is 2. The Morgan fingerprint density at radius 2 is 1.91 bits per heavy atom. The molecule has 0 unspecified atom stereocenters. The molecule has 0 aliphatic carbocycles. The smallest absolute Gasteiger partial charge is 0.249 e. The molecule has 1 atom stereocenters. The number of rotatable bonds is 5. The van der Waals surface area contributed by atoms with Crippen molar-refractivity contribution in [3.8, 4) is 0 Å². The van der Waals surface area contributed by atoms with E-state index >= 15 is 0 Å². The number of furan rings is 1. The lowest BCUT2D eigenvalue weighted by Crippen LogP contribution is -2.27. The molecule has 7 heteroatoms. The molecule has 118 valence electrons. The van der Waals surface area contributed by atoms with E-state index in [1.807, 2.05) is 0 Å². The number of sulfonamides is 1. The quantitative estimate of drug-likeness (QED) is 0.879. The molecular formula is C15H18N2O4S. The SMILES string of the molecule is Cc1ccc([C@H](C)NS(=O)(=O)c2ccc(C)c(C(N)=O)c2)o1. The summed E-state index contributed by atoms with van der Waals surface area (Å²) in [4.78, 5) is 11.3. The Labute approximate surface area is 129 Å². The lowest BCUT2D eigenvalue weighted by Gasteiger charge is -2.13. The van der Waals surface area contributed by atoms with Crippen LogP contribution in [0.15, 0.2) is 39.6 Å². The van der Waals surface area contributed by atoms with Crippen LogP contribution in [0.3, 0.4) is 0 Å². The van der Waals surface area contributed by atoms with E-state index in [1.54, 1.807) is 39.0 Å². The number of carbonyl (C=O) groups excluding carboxylic acids is 1. The van der Waals surface area contributed by atoms with Crippen molar-refractivity contribution in [3.63, 3.8) is 0 Å². The summed E-state index contributed by atoms with van der Waals surface area (Å²) in [5, 5.41) is 0. The highest BCUT2D eigenvalue weighted by Crippen LogP contribution is 2.20. The third kappa shape index (κ3) is 3.37. The molecule has 1 aromatic heterocycles. The van der Waals surface area contributed by atoms with E-state index in [-0.39, 0.29) is 10.5 Å². The first kappa shape index (κ1) is 16.3. The fourth-order valence-electron chi connectivity index (χ4n) is 2.08. The van der Waals surface area contributed by atoms with Gasteiger partial charge in [0.25, 0.3) is 0 Å². The summed E-state index contributed by atoms with van der Waals surface area (Å²) in [7, 11) is -3.79. The van der Waals surface area contributed by atoms with Crippen molar-refractivity contribution in [3.05, 3.63) is 53.0 Å². The molecule has 3 N–H and O–H groups in total. The highest BCUT2D eigenvalue weighted by Gasteiger charge is 2.21. The van der Waals surface area contributed by atoms with Crippen molar-refractivity contribution < 1.29 is 17.6 Å².